The molecule has 0 unspecified atom stereocenters. The van der Waals surface area contributed by atoms with Crippen molar-refractivity contribution in [3.05, 3.63) is 47.0 Å². The van der Waals surface area contributed by atoms with Crippen LogP contribution in [0.2, 0.25) is 0 Å². The van der Waals surface area contributed by atoms with Crippen molar-refractivity contribution in [2.45, 2.75) is 12.8 Å². The molecule has 0 saturated carbocycles. The van der Waals surface area contributed by atoms with Crippen LogP contribution in [-0.4, -0.2) is 54.4 Å². The first-order valence-corrected chi connectivity index (χ1v) is 10.4. The van der Waals surface area contributed by atoms with Gasteiger partial charge in [0.25, 0.3) is 0 Å². The minimum atomic E-state index is -0.0500. The first-order chi connectivity index (χ1) is 14.2. The van der Waals surface area contributed by atoms with Crippen LogP contribution in [0.15, 0.2) is 45.5 Å². The number of hydrogen-bond acceptors (Lipinski definition) is 8. The molecule has 2 aromatic heterocycles. The third-order valence-corrected chi connectivity index (χ3v) is 5.47. The van der Waals surface area contributed by atoms with Gasteiger partial charge in [0.15, 0.2) is 0 Å². The molecular formula is C20H23N5O3S. The average Bonchev–Trinajstić information content (AvgIpc) is 3.45. The third kappa shape index (κ3) is 4.75. The lowest BCUT2D eigenvalue weighted by molar-refractivity contribution is -0.126. The number of ether oxygens (including phenoxy) is 1. The Morgan fingerprint density at radius 2 is 2.03 bits per heavy atom. The quantitative estimate of drug-likeness (QED) is 0.637. The Labute approximate surface area is 173 Å². The number of rotatable bonds is 7. The summed E-state index contributed by atoms with van der Waals surface area (Å²) < 4.78 is 11.1. The lowest BCUT2D eigenvalue weighted by Crippen LogP contribution is -2.53. The molecular weight excluding hydrogens is 390 g/mol. The molecule has 1 N–H and O–H groups in total. The first kappa shape index (κ1) is 19.4. The minimum Gasteiger partial charge on any atom is -0.495 e. The number of carbonyl (C=O) groups is 1. The van der Waals surface area contributed by atoms with Gasteiger partial charge in [-0.05, 0) is 23.6 Å². The normalized spacial score (nSPS) is 14.7. The van der Waals surface area contributed by atoms with Gasteiger partial charge in [-0.1, -0.05) is 12.1 Å². The summed E-state index contributed by atoms with van der Waals surface area (Å²) in [6.45, 7) is 3.11. The second-order valence-corrected chi connectivity index (χ2v) is 7.47. The Bertz CT molecular complexity index is 935. The Hall–Kier alpha value is -2.91. The van der Waals surface area contributed by atoms with Crippen molar-refractivity contribution in [1.29, 1.82) is 0 Å². The summed E-state index contributed by atoms with van der Waals surface area (Å²) in [4.78, 5) is 14.6. The van der Waals surface area contributed by atoms with Crippen LogP contribution in [0.1, 0.15) is 12.3 Å². The average molecular weight is 414 g/mol. The molecule has 3 heterocycles. The third-order valence-electron chi connectivity index (χ3n) is 4.79. The van der Waals surface area contributed by atoms with Crippen LogP contribution in [0, 0.1) is 0 Å². The number of hydrazine groups is 1. The van der Waals surface area contributed by atoms with Crippen molar-refractivity contribution in [3.63, 3.8) is 0 Å². The molecule has 3 aromatic rings. The molecule has 0 atom stereocenters. The van der Waals surface area contributed by atoms with Crippen LogP contribution in [0.3, 0.4) is 0 Å². The van der Waals surface area contributed by atoms with E-state index in [4.69, 9.17) is 9.15 Å². The first-order valence-electron chi connectivity index (χ1n) is 9.50. The van der Waals surface area contributed by atoms with Gasteiger partial charge in [-0.25, -0.2) is 5.01 Å². The van der Waals surface area contributed by atoms with E-state index in [1.165, 1.54) is 0 Å². The van der Waals surface area contributed by atoms with Crippen LogP contribution in [0.4, 0.5) is 5.69 Å². The maximum Gasteiger partial charge on any atom is 0.248 e. The number of para-hydroxylation sites is 2. The number of aryl methyl sites for hydroxylation is 1. The maximum absolute atomic E-state index is 12.3. The molecule has 0 aliphatic carbocycles. The molecule has 1 aliphatic rings. The number of amides is 1. The van der Waals surface area contributed by atoms with Crippen LogP contribution >= 0.6 is 11.3 Å². The second kappa shape index (κ2) is 9.06. The molecule has 1 aliphatic heterocycles. The van der Waals surface area contributed by atoms with E-state index in [1.807, 2.05) is 40.0 Å². The highest BCUT2D eigenvalue weighted by Gasteiger charge is 2.21. The number of nitrogens with one attached hydrogen (secondary N) is 1. The molecule has 0 spiro atoms. The Morgan fingerprint density at radius 1 is 1.21 bits per heavy atom. The number of piperazine rings is 1. The van der Waals surface area contributed by atoms with E-state index >= 15 is 0 Å². The highest BCUT2D eigenvalue weighted by Crippen LogP contribution is 2.28. The van der Waals surface area contributed by atoms with E-state index < -0.39 is 0 Å². The fourth-order valence-electron chi connectivity index (χ4n) is 3.26. The Balaban J connectivity index is 1.23. The molecule has 9 heteroatoms. The van der Waals surface area contributed by atoms with Gasteiger partial charge in [-0.3, -0.25) is 10.2 Å². The fraction of sp³-hybridized carbons (Fsp3) is 0.350. The van der Waals surface area contributed by atoms with Crippen molar-refractivity contribution in [2.75, 3.05) is 38.2 Å². The number of nitrogens with zero attached hydrogens (tertiary/aromatic N) is 4. The zero-order valence-corrected chi connectivity index (χ0v) is 17.0. The van der Waals surface area contributed by atoms with Gasteiger partial charge in [0.2, 0.25) is 17.7 Å². The molecule has 1 fully saturated rings. The van der Waals surface area contributed by atoms with E-state index in [0.29, 0.717) is 24.6 Å². The summed E-state index contributed by atoms with van der Waals surface area (Å²) in [5.41, 5.74) is 4.96. The summed E-state index contributed by atoms with van der Waals surface area (Å²) in [7, 11) is 1.68. The number of anilines is 1. The molecule has 29 heavy (non-hydrogen) atoms. The van der Waals surface area contributed by atoms with Gasteiger partial charge in [0, 0.05) is 50.0 Å². The lowest BCUT2D eigenvalue weighted by atomic mass is 10.2. The van der Waals surface area contributed by atoms with Crippen molar-refractivity contribution < 1.29 is 13.9 Å². The van der Waals surface area contributed by atoms with Gasteiger partial charge < -0.3 is 14.1 Å². The zero-order chi connectivity index (χ0) is 20.1. The summed E-state index contributed by atoms with van der Waals surface area (Å²) >= 11 is 1.57. The molecule has 1 saturated heterocycles. The van der Waals surface area contributed by atoms with Crippen LogP contribution < -0.4 is 15.1 Å². The van der Waals surface area contributed by atoms with Gasteiger partial charge in [-0.2, -0.15) is 11.3 Å². The Morgan fingerprint density at radius 3 is 2.79 bits per heavy atom. The van der Waals surface area contributed by atoms with Crippen molar-refractivity contribution in [1.82, 2.24) is 20.6 Å². The van der Waals surface area contributed by atoms with Gasteiger partial charge >= 0.3 is 0 Å². The van der Waals surface area contributed by atoms with E-state index in [2.05, 4.69) is 26.6 Å². The molecule has 152 valence electrons. The summed E-state index contributed by atoms with van der Waals surface area (Å²) in [5, 5.41) is 13.9. The van der Waals surface area contributed by atoms with E-state index in [9.17, 15) is 4.79 Å². The molecule has 0 radical (unpaired) electrons. The van der Waals surface area contributed by atoms with Crippen LogP contribution in [0.25, 0.3) is 11.5 Å². The molecule has 1 aromatic carbocycles. The second-order valence-electron chi connectivity index (χ2n) is 6.69. The zero-order valence-electron chi connectivity index (χ0n) is 16.2. The number of carbonyl (C=O) groups excluding carboxylic acids is 1. The predicted molar refractivity (Wildman–Crippen MR) is 111 cm³/mol. The topological polar surface area (TPSA) is 83.7 Å². The summed E-state index contributed by atoms with van der Waals surface area (Å²) in [6.07, 6.45) is 0.724. The number of benzene rings is 1. The number of thiophene rings is 1. The number of hydrogen-bond donors (Lipinski definition) is 1. The lowest BCUT2D eigenvalue weighted by Gasteiger charge is -2.36. The van der Waals surface area contributed by atoms with E-state index in [1.54, 1.807) is 18.4 Å². The fourth-order valence-corrected chi connectivity index (χ4v) is 3.89. The summed E-state index contributed by atoms with van der Waals surface area (Å²) in [5.74, 6) is 1.79. The Kier molecular flexibility index (Phi) is 6.06. The smallest absolute Gasteiger partial charge is 0.248 e. The van der Waals surface area contributed by atoms with Crippen molar-refractivity contribution in [2.24, 2.45) is 0 Å². The predicted octanol–water partition coefficient (Wildman–Crippen LogP) is 2.59. The van der Waals surface area contributed by atoms with Crippen LogP contribution in [-0.2, 0) is 11.2 Å². The molecule has 8 nitrogen and oxygen atoms in total. The van der Waals surface area contributed by atoms with E-state index in [0.717, 1.165) is 43.2 Å². The largest absolute Gasteiger partial charge is 0.495 e. The SMILES string of the molecule is COc1ccccc1N1CCN(NC(=O)CCc2nnc(-c3ccsc3)o2)CC1. The van der Waals surface area contributed by atoms with Crippen molar-refractivity contribution in [3.8, 4) is 17.2 Å². The molecule has 0 bridgehead atoms. The minimum absolute atomic E-state index is 0.0500. The van der Waals surface area contributed by atoms with Crippen molar-refractivity contribution >= 4 is 22.9 Å². The van der Waals surface area contributed by atoms with Gasteiger partial charge in [-0.15, -0.1) is 10.2 Å². The highest BCUT2D eigenvalue weighted by atomic mass is 32.1. The highest BCUT2D eigenvalue weighted by molar-refractivity contribution is 7.08. The monoisotopic (exact) mass is 413 g/mol. The maximum atomic E-state index is 12.3. The molecule has 4 rings (SSSR count). The number of aromatic nitrogens is 2. The van der Waals surface area contributed by atoms with Crippen LogP contribution in [0.5, 0.6) is 5.75 Å². The van der Waals surface area contributed by atoms with Gasteiger partial charge in [0.1, 0.15) is 5.75 Å². The standard InChI is InChI=1S/C20H23N5O3S/c1-27-17-5-3-2-4-16(17)24-9-11-25(12-10-24)23-18(26)6-7-19-21-22-20(28-19)15-8-13-29-14-15/h2-5,8,13-14H,6-7,9-12H2,1H3,(H,23,26). The van der Waals surface area contributed by atoms with E-state index in [-0.39, 0.29) is 5.91 Å². The number of methoxy groups -OCH3 is 1. The molecule has 1 amide bonds. The summed E-state index contributed by atoms with van der Waals surface area (Å²) in [6, 6.07) is 9.92. The van der Waals surface area contributed by atoms with Gasteiger partial charge in [0.05, 0.1) is 12.8 Å².